The van der Waals surface area contributed by atoms with E-state index in [1.807, 2.05) is 0 Å². The first-order valence-electron chi connectivity index (χ1n) is 0.328. The Kier molecular flexibility index (Phi) is 49.7. The van der Waals surface area contributed by atoms with E-state index in [2.05, 4.69) is 29.0 Å². The average molecular weight is 388 g/mol. The van der Waals surface area contributed by atoms with Crippen LogP contribution in [0.2, 0.25) is 0 Å². The number of hydrogen-bond donors (Lipinski definition) is 0. The molecule has 0 atom stereocenters. The monoisotopic (exact) mass is 387 g/mol. The summed E-state index contributed by atoms with van der Waals surface area (Å²) in [5.74, 6) is 0. The van der Waals surface area contributed by atoms with Crippen LogP contribution in [-0.4, -0.2) is 25.8 Å². The van der Waals surface area contributed by atoms with Crippen LogP contribution in [0, 0.1) is 0 Å². The molecule has 0 saturated heterocycles. The molecule has 0 fully saturated rings. The first kappa shape index (κ1) is 15.6. The maximum atomic E-state index is 3.63. The molecule has 5 heteroatoms. The second kappa shape index (κ2) is 15.9. The van der Waals surface area contributed by atoms with Gasteiger partial charge in [-0.3, -0.25) is 0 Å². The van der Waals surface area contributed by atoms with Crippen LogP contribution in [0.4, 0.5) is 0 Å². The Morgan fingerprint density at radius 3 is 1.60 bits per heavy atom. The molecule has 0 N–H and O–H groups in total. The van der Waals surface area contributed by atoms with Crippen molar-refractivity contribution in [1.29, 1.82) is 0 Å². The fraction of sp³-hybridized carbons (Fsp3) is 0. The van der Waals surface area contributed by atoms with Crippen molar-refractivity contribution in [3.05, 3.63) is 0 Å². The van der Waals surface area contributed by atoms with Crippen LogP contribution >= 0.6 is 0 Å². The van der Waals surface area contributed by atoms with Crippen molar-refractivity contribution in [2.75, 3.05) is 0 Å². The topological polar surface area (TPSA) is 0 Å². The first-order chi connectivity index (χ1) is 1.41. The average Bonchev–Trinajstić information content (AvgIpc) is 0.918. The second-order valence-electron chi connectivity index (χ2n) is 0.0533. The van der Waals surface area contributed by atoms with Gasteiger partial charge in [0.25, 0.3) is 0 Å². The Labute approximate surface area is 70.5 Å². The summed E-state index contributed by atoms with van der Waals surface area (Å²) in [4.78, 5) is 0. The van der Waals surface area contributed by atoms with Gasteiger partial charge in [0.1, 0.15) is 0 Å². The van der Waals surface area contributed by atoms with Gasteiger partial charge < -0.3 is 0 Å². The van der Waals surface area contributed by atoms with Gasteiger partial charge in [0.05, 0.1) is 8.41 Å². The Hall–Kier alpha value is 2.74. The van der Waals surface area contributed by atoms with Gasteiger partial charge in [0.15, 0.2) is 17.4 Å². The molecule has 5 heavy (non-hydrogen) atoms. The van der Waals surface area contributed by atoms with Crippen LogP contribution in [0.3, 0.4) is 0 Å². The van der Waals surface area contributed by atoms with E-state index in [-0.39, 0.29) is 42.9 Å². The summed E-state index contributed by atoms with van der Waals surface area (Å²) in [6, 6.07) is 0. The van der Waals surface area contributed by atoms with Crippen molar-refractivity contribution in [3.8, 4) is 0 Å². The van der Waals surface area contributed by atoms with Gasteiger partial charge in [-0.15, -0.1) is 0 Å². The normalized spacial score (nSPS) is 3.00. The van der Waals surface area contributed by atoms with Crippen molar-refractivity contribution in [1.82, 2.24) is 0 Å². The molecule has 0 radical (unpaired) electrons. The maximum absolute atomic E-state index is 3.63. The van der Waals surface area contributed by atoms with Crippen molar-refractivity contribution in [2.24, 2.45) is 0 Å². The molecule has 0 bridgehead atoms. The van der Waals surface area contributed by atoms with E-state index < -0.39 is 0 Å². The molecule has 0 unspecified atom stereocenters. The molecule has 0 saturated carbocycles. The Morgan fingerprint density at radius 2 is 1.60 bits per heavy atom. The van der Waals surface area contributed by atoms with Crippen LogP contribution in [0.1, 0.15) is 0 Å². The molecular formula is H6AlAuBFeZr. The predicted molar refractivity (Wildman–Crippen MR) is 19.9 cm³/mol. The van der Waals surface area contributed by atoms with E-state index in [1.165, 1.54) is 0 Å². The summed E-state index contributed by atoms with van der Waals surface area (Å²) < 4.78 is 0. The van der Waals surface area contributed by atoms with Gasteiger partial charge in [-0.25, -0.2) is 0 Å². The molecule has 0 rings (SSSR count). The third-order valence-corrected chi connectivity index (χ3v) is 0. The van der Waals surface area contributed by atoms with Crippen LogP contribution in [0.15, 0.2) is 0 Å². The van der Waals surface area contributed by atoms with Crippen molar-refractivity contribution in [3.63, 3.8) is 0 Å². The van der Waals surface area contributed by atoms with E-state index in [1.54, 1.807) is 0 Å². The zero-order valence-corrected chi connectivity index (χ0v) is 6.88. The summed E-state index contributed by atoms with van der Waals surface area (Å²) in [6.45, 7) is 0. The zero-order valence-electron chi connectivity index (χ0n) is 1.16. The first-order valence-corrected chi connectivity index (χ1v) is 11.6. The molecule has 35 valence electrons. The van der Waals surface area contributed by atoms with E-state index in [9.17, 15) is 0 Å². The van der Waals surface area contributed by atoms with Gasteiger partial charge >= 0.3 is 46.1 Å². The minimum absolute atomic E-state index is 0. The van der Waals surface area contributed by atoms with Crippen LogP contribution in [0.25, 0.3) is 0 Å². The molecule has 0 aliphatic rings. The second-order valence-corrected chi connectivity index (χ2v) is 10.6. The summed E-state index contributed by atoms with van der Waals surface area (Å²) in [6.07, 6.45) is 0. The number of rotatable bonds is 0. The minimum atomic E-state index is -0.0756. The van der Waals surface area contributed by atoms with Crippen LogP contribution < -0.4 is 0 Å². The summed E-state index contributed by atoms with van der Waals surface area (Å²) in [7, 11) is 0. The summed E-state index contributed by atoms with van der Waals surface area (Å²) in [5, 5.41) is 0. The molecule has 0 aliphatic carbocycles. The zero-order chi connectivity index (χ0) is 2.71. The molecule has 0 aromatic carbocycles. The molecule has 0 aromatic heterocycles. The molecule has 0 heterocycles. The summed E-state index contributed by atoms with van der Waals surface area (Å²) in [5.41, 5.74) is 0. The molecule has 0 amide bonds. The molecule has 0 spiro atoms. The third kappa shape index (κ3) is 20.2. The number of hydrogen-bond acceptors (Lipinski definition) is 0. The van der Waals surface area contributed by atoms with E-state index in [0.717, 1.165) is 0 Å². The van der Waals surface area contributed by atoms with Crippen molar-refractivity contribution < 1.29 is 46.1 Å². The quantitative estimate of drug-likeness (QED) is 0.407. The molecule has 0 aromatic rings. The summed E-state index contributed by atoms with van der Waals surface area (Å²) >= 11 is 6.04. The van der Waals surface area contributed by atoms with Gasteiger partial charge in [-0.2, -0.15) is 0 Å². The van der Waals surface area contributed by atoms with Crippen LogP contribution in [0.5, 0.6) is 0 Å². The molecule has 0 aliphatic heterocycles. The Bertz CT molecular complexity index is 11.6. The van der Waals surface area contributed by atoms with Crippen molar-refractivity contribution in [2.45, 2.75) is 0 Å². The molecule has 0 nitrogen and oxygen atoms in total. The van der Waals surface area contributed by atoms with Gasteiger partial charge in [0, 0.05) is 0 Å². The third-order valence-electron chi connectivity index (χ3n) is 0. The van der Waals surface area contributed by atoms with Crippen LogP contribution in [-0.2, 0) is 46.1 Å². The van der Waals surface area contributed by atoms with Crippen molar-refractivity contribution >= 4 is 25.8 Å². The van der Waals surface area contributed by atoms with E-state index in [0.29, 0.717) is 0 Å². The van der Waals surface area contributed by atoms with Gasteiger partial charge in [0.2, 0.25) is 0 Å². The fourth-order valence-corrected chi connectivity index (χ4v) is 0. The standard InChI is InChI=1S/Al.Au.BH3.Fe.Zr.3H/h;;1H3;;;;;. The Morgan fingerprint density at radius 1 is 1.60 bits per heavy atom. The predicted octanol–water partition coefficient (Wildman–Crippen LogP) is -2.38. The SMILES string of the molecule is B.[AlH3].[Fe][Zr][Au]. The Balaban J connectivity index is -0.0000000200. The van der Waals surface area contributed by atoms with E-state index in [4.69, 9.17) is 0 Å². The van der Waals surface area contributed by atoms with Gasteiger partial charge in [-0.1, -0.05) is 0 Å². The molecular weight excluding hydrogens is 382 g/mol. The van der Waals surface area contributed by atoms with E-state index >= 15 is 0 Å². The fourth-order valence-electron chi connectivity index (χ4n) is 0. The van der Waals surface area contributed by atoms with Gasteiger partial charge in [-0.05, 0) is 0 Å².